The molecule has 0 radical (unpaired) electrons. The van der Waals surface area contributed by atoms with Crippen LogP contribution in [0.25, 0.3) is 23.1 Å². The van der Waals surface area contributed by atoms with Crippen molar-refractivity contribution in [3.05, 3.63) is 140 Å². The Morgan fingerprint density at radius 2 is 1.57 bits per heavy atom. The van der Waals surface area contributed by atoms with E-state index >= 15 is 0 Å². The Balaban J connectivity index is 1.50. The van der Waals surface area contributed by atoms with Gasteiger partial charge in [-0.2, -0.15) is 0 Å². The molecule has 1 aliphatic rings. The topological polar surface area (TPSA) is 47.5 Å². The van der Waals surface area contributed by atoms with Gasteiger partial charge in [-0.15, -0.1) is 0 Å². The van der Waals surface area contributed by atoms with Crippen LogP contribution in [0.3, 0.4) is 0 Å². The molecule has 6 rings (SSSR count). The maximum atomic E-state index is 14.4. The Kier molecular flexibility index (Phi) is 7.42. The third-order valence-corrected chi connectivity index (χ3v) is 8.63. The largest absolute Gasteiger partial charge is 0.457 e. The van der Waals surface area contributed by atoms with Crippen LogP contribution in [-0.2, 0) is 0 Å². The molecule has 1 aliphatic heterocycles. The number of fused-ring (bicyclic) bond motifs is 1. The van der Waals surface area contributed by atoms with Crippen molar-refractivity contribution in [1.82, 2.24) is 4.57 Å². The van der Waals surface area contributed by atoms with Crippen molar-refractivity contribution in [1.29, 1.82) is 0 Å². The molecule has 0 amide bonds. The van der Waals surface area contributed by atoms with Crippen LogP contribution in [0.5, 0.6) is 0 Å². The summed E-state index contributed by atoms with van der Waals surface area (Å²) in [5.74, 6) is 0.357. The number of benzene rings is 3. The van der Waals surface area contributed by atoms with E-state index < -0.39 is 11.9 Å². The highest BCUT2D eigenvalue weighted by atomic mass is 35.5. The van der Waals surface area contributed by atoms with Gasteiger partial charge in [0.25, 0.3) is 5.56 Å². The first-order valence-corrected chi connectivity index (χ1v) is 14.4. The van der Waals surface area contributed by atoms with E-state index in [1.165, 1.54) is 23.5 Å². The first-order chi connectivity index (χ1) is 19.2. The summed E-state index contributed by atoms with van der Waals surface area (Å²) in [4.78, 5) is 18.8. The normalized spacial score (nSPS) is 15.1. The number of hydrogen-bond donors (Lipinski definition) is 0. The molecule has 0 fully saturated rings. The second-order valence-electron chi connectivity index (χ2n) is 8.80. The van der Waals surface area contributed by atoms with Gasteiger partial charge in [0.15, 0.2) is 4.80 Å². The molecule has 0 N–H and O–H groups in total. The fourth-order valence-electron chi connectivity index (χ4n) is 4.34. The minimum atomic E-state index is -0.627. The number of aromatic nitrogens is 1. The Morgan fingerprint density at radius 3 is 2.33 bits per heavy atom. The van der Waals surface area contributed by atoms with Crippen molar-refractivity contribution < 1.29 is 8.81 Å². The van der Waals surface area contributed by atoms with Crippen LogP contribution in [0, 0.1) is 5.82 Å². The minimum Gasteiger partial charge on any atom is -0.457 e. The Labute approximate surface area is 255 Å². The van der Waals surface area contributed by atoms with Crippen LogP contribution in [0.15, 0.2) is 87.0 Å². The van der Waals surface area contributed by atoms with Crippen molar-refractivity contribution in [3.8, 4) is 11.3 Å². The predicted molar refractivity (Wildman–Crippen MR) is 161 cm³/mol. The molecule has 0 saturated heterocycles. The summed E-state index contributed by atoms with van der Waals surface area (Å²) in [5.41, 5.74) is 1.95. The zero-order valence-corrected chi connectivity index (χ0v) is 24.6. The second kappa shape index (κ2) is 10.9. The highest BCUT2D eigenvalue weighted by molar-refractivity contribution is 7.07. The van der Waals surface area contributed by atoms with Gasteiger partial charge in [-0.1, -0.05) is 81.5 Å². The van der Waals surface area contributed by atoms with Crippen LogP contribution in [-0.4, -0.2) is 4.57 Å². The van der Waals surface area contributed by atoms with Crippen LogP contribution < -0.4 is 14.9 Å². The minimum absolute atomic E-state index is 0.0953. The van der Waals surface area contributed by atoms with Gasteiger partial charge >= 0.3 is 0 Å². The molecule has 200 valence electrons. The quantitative estimate of drug-likeness (QED) is 0.183. The monoisotopic (exact) mass is 648 g/mol. The van der Waals surface area contributed by atoms with Gasteiger partial charge in [-0.3, -0.25) is 9.36 Å². The van der Waals surface area contributed by atoms with Crippen molar-refractivity contribution in [2.75, 3.05) is 0 Å². The van der Waals surface area contributed by atoms with Gasteiger partial charge in [0, 0.05) is 27.2 Å². The van der Waals surface area contributed by atoms with Crippen LogP contribution >= 0.6 is 69.3 Å². The molecule has 5 aromatic rings. The number of hydrogen-bond acceptors (Lipinski definition) is 4. The lowest BCUT2D eigenvalue weighted by molar-refractivity contribution is 0.571. The van der Waals surface area contributed by atoms with Gasteiger partial charge in [0.05, 0.1) is 31.3 Å². The second-order valence-corrected chi connectivity index (χ2v) is 11.9. The standard InChI is InChI=1S/C29H14Cl5FN2O2S/c30-15-3-1-14(2-4-15)25-13-24(19-11-23(35)22(34)12-21(19)33)36-29-37(25)28(38)27(40-29)10-17-6-8-26(39-17)18-7-5-16(31)9-20(18)32/h1-13,25H/t25-/m1/s1. The lowest BCUT2D eigenvalue weighted by atomic mass is 10.0. The van der Waals surface area contributed by atoms with Gasteiger partial charge in [0.2, 0.25) is 0 Å². The molecule has 0 spiro atoms. The first-order valence-electron chi connectivity index (χ1n) is 11.7. The van der Waals surface area contributed by atoms with Crippen molar-refractivity contribution in [2.24, 2.45) is 4.99 Å². The van der Waals surface area contributed by atoms with E-state index in [1.54, 1.807) is 59.2 Å². The van der Waals surface area contributed by atoms with Gasteiger partial charge in [-0.05, 0) is 66.2 Å². The molecule has 1 atom stereocenters. The van der Waals surface area contributed by atoms with E-state index in [1.807, 2.05) is 12.1 Å². The fourth-order valence-corrected chi connectivity index (χ4v) is 6.45. The average molecular weight is 651 g/mol. The van der Waals surface area contributed by atoms with E-state index in [9.17, 15) is 9.18 Å². The summed E-state index contributed by atoms with van der Waals surface area (Å²) in [6.45, 7) is 0. The van der Waals surface area contributed by atoms with Crippen LogP contribution in [0.1, 0.15) is 22.9 Å². The highest BCUT2D eigenvalue weighted by Crippen LogP contribution is 2.34. The Morgan fingerprint density at radius 1 is 0.850 bits per heavy atom. The molecule has 11 heteroatoms. The number of halogens is 6. The van der Waals surface area contributed by atoms with Crippen LogP contribution in [0.2, 0.25) is 25.1 Å². The van der Waals surface area contributed by atoms with E-state index in [2.05, 4.69) is 4.99 Å². The van der Waals surface area contributed by atoms with Crippen LogP contribution in [0.4, 0.5) is 4.39 Å². The molecule has 0 saturated carbocycles. The maximum Gasteiger partial charge on any atom is 0.271 e. The molecule has 0 unspecified atom stereocenters. The van der Waals surface area contributed by atoms with Gasteiger partial charge in [-0.25, -0.2) is 9.38 Å². The van der Waals surface area contributed by atoms with Crippen molar-refractivity contribution >= 4 is 81.1 Å². The van der Waals surface area contributed by atoms with E-state index in [0.717, 1.165) is 5.56 Å². The summed E-state index contributed by atoms with van der Waals surface area (Å²) < 4.78 is 22.3. The molecule has 0 aliphatic carbocycles. The number of allylic oxidation sites excluding steroid dienone is 1. The van der Waals surface area contributed by atoms with Gasteiger partial charge < -0.3 is 4.42 Å². The summed E-state index contributed by atoms with van der Waals surface area (Å²) in [5, 5.41) is 1.65. The smallest absolute Gasteiger partial charge is 0.271 e. The molecule has 4 nitrogen and oxygen atoms in total. The zero-order chi connectivity index (χ0) is 28.1. The zero-order valence-electron chi connectivity index (χ0n) is 20.0. The van der Waals surface area contributed by atoms with E-state index in [0.29, 0.717) is 52.7 Å². The summed E-state index contributed by atoms with van der Waals surface area (Å²) in [6, 6.07) is 17.8. The third kappa shape index (κ3) is 5.16. The number of furan rings is 1. The average Bonchev–Trinajstić information content (AvgIpc) is 3.50. The predicted octanol–water partition coefficient (Wildman–Crippen LogP) is 8.67. The molecule has 3 aromatic carbocycles. The van der Waals surface area contributed by atoms with E-state index in [-0.39, 0.29) is 15.6 Å². The SMILES string of the molecule is O=c1c(=Cc2ccc(-c3ccc(Cl)cc3Cl)o2)sc2n1[C@@H](c1ccc(Cl)cc1)C=C(c1cc(F)c(Cl)cc1Cl)N=2. The molecule has 0 bridgehead atoms. The lowest BCUT2D eigenvalue weighted by Crippen LogP contribution is -2.36. The lowest BCUT2D eigenvalue weighted by Gasteiger charge is -2.20. The summed E-state index contributed by atoms with van der Waals surface area (Å²) in [7, 11) is 0. The Bertz CT molecular complexity index is 2010. The van der Waals surface area contributed by atoms with E-state index in [4.69, 9.17) is 62.4 Å². The Hall–Kier alpha value is -2.84. The summed E-state index contributed by atoms with van der Waals surface area (Å²) >= 11 is 32.0. The molecule has 40 heavy (non-hydrogen) atoms. The summed E-state index contributed by atoms with van der Waals surface area (Å²) in [6.07, 6.45) is 3.41. The number of nitrogens with zero attached hydrogens (tertiary/aromatic N) is 2. The molecule has 2 aromatic heterocycles. The van der Waals surface area contributed by atoms with Crippen molar-refractivity contribution in [2.45, 2.75) is 6.04 Å². The molecular formula is C29H14Cl5FN2O2S. The highest BCUT2D eigenvalue weighted by Gasteiger charge is 2.24. The fraction of sp³-hybridized carbons (Fsp3) is 0.0345. The van der Waals surface area contributed by atoms with Gasteiger partial charge in [0.1, 0.15) is 17.3 Å². The third-order valence-electron chi connectivity index (χ3n) is 6.24. The number of thiazole rings is 1. The number of rotatable bonds is 4. The van der Waals surface area contributed by atoms with Crippen molar-refractivity contribution in [3.63, 3.8) is 0 Å². The molecule has 3 heterocycles. The first kappa shape index (κ1) is 27.3. The maximum absolute atomic E-state index is 14.4. The molecular weight excluding hydrogens is 637 g/mol.